The van der Waals surface area contributed by atoms with Gasteiger partial charge in [-0.15, -0.1) is 0 Å². The molecule has 1 aromatic carbocycles. The van der Waals surface area contributed by atoms with Crippen LogP contribution in [0.5, 0.6) is 0 Å². The number of aliphatic hydroxyl groups excluding tert-OH is 1. The molecule has 0 spiro atoms. The molecular weight excluding hydrogens is 304 g/mol. The molecule has 1 aromatic heterocycles. The van der Waals surface area contributed by atoms with E-state index in [9.17, 15) is 4.79 Å². The molecule has 1 heterocycles. The molecule has 3 rings (SSSR count). The lowest BCUT2D eigenvalue weighted by molar-refractivity contribution is 0.231. The molecule has 0 aliphatic heterocycles. The predicted octanol–water partition coefficient (Wildman–Crippen LogP) is 1.65. The van der Waals surface area contributed by atoms with Crippen LogP contribution in [0.25, 0.3) is 5.69 Å². The summed E-state index contributed by atoms with van der Waals surface area (Å²) in [6.45, 7) is 0.706. The highest BCUT2D eigenvalue weighted by Gasteiger charge is 2.19. The van der Waals surface area contributed by atoms with E-state index in [0.29, 0.717) is 6.54 Å². The first-order valence-electron chi connectivity index (χ1n) is 8.17. The number of aromatic nitrogens is 2. The van der Waals surface area contributed by atoms with E-state index >= 15 is 0 Å². The third kappa shape index (κ3) is 4.23. The van der Waals surface area contributed by atoms with Crippen molar-refractivity contribution in [3.63, 3.8) is 0 Å². The van der Waals surface area contributed by atoms with Crippen LogP contribution in [0.4, 0.5) is 4.79 Å². The zero-order chi connectivity index (χ0) is 16.8. The first-order chi connectivity index (χ1) is 11.7. The molecule has 0 bridgehead atoms. The molecular formula is C18H22N4O2. The third-order valence-electron chi connectivity index (χ3n) is 4.13. The summed E-state index contributed by atoms with van der Waals surface area (Å²) < 4.78 is 1.81. The fourth-order valence-corrected chi connectivity index (χ4v) is 2.79. The Hall–Kier alpha value is -2.60. The van der Waals surface area contributed by atoms with Crippen molar-refractivity contribution in [1.29, 1.82) is 0 Å². The number of aliphatic hydroxyl groups is 1. The summed E-state index contributed by atoms with van der Waals surface area (Å²) in [6.07, 6.45) is 9.07. The molecule has 2 amide bonds. The highest BCUT2D eigenvalue weighted by atomic mass is 16.3. The van der Waals surface area contributed by atoms with Crippen LogP contribution in [-0.4, -0.2) is 40.1 Å². The Bertz CT molecular complexity index is 680. The van der Waals surface area contributed by atoms with Crippen molar-refractivity contribution in [3.8, 4) is 5.69 Å². The molecule has 1 aliphatic rings. The molecule has 3 N–H and O–H groups in total. The van der Waals surface area contributed by atoms with Crippen LogP contribution < -0.4 is 10.6 Å². The Morgan fingerprint density at radius 2 is 2.12 bits per heavy atom. The number of rotatable bonds is 6. The fraction of sp³-hybridized carbons (Fsp3) is 0.333. The fourth-order valence-electron chi connectivity index (χ4n) is 2.79. The Morgan fingerprint density at radius 3 is 2.79 bits per heavy atom. The number of hydrogen-bond acceptors (Lipinski definition) is 3. The Labute approximate surface area is 141 Å². The molecule has 6 nitrogen and oxygen atoms in total. The number of hydrogen-bond donors (Lipinski definition) is 3. The van der Waals surface area contributed by atoms with E-state index in [4.69, 9.17) is 5.11 Å². The molecule has 0 unspecified atom stereocenters. The van der Waals surface area contributed by atoms with Gasteiger partial charge in [-0.25, -0.2) is 9.48 Å². The van der Waals surface area contributed by atoms with Gasteiger partial charge in [0.15, 0.2) is 0 Å². The molecule has 2 aromatic rings. The summed E-state index contributed by atoms with van der Waals surface area (Å²) in [5.74, 6) is 0.156. The smallest absolute Gasteiger partial charge is 0.315 e. The molecule has 126 valence electrons. The van der Waals surface area contributed by atoms with E-state index in [-0.39, 0.29) is 24.6 Å². The lowest BCUT2D eigenvalue weighted by Crippen LogP contribution is -2.41. The van der Waals surface area contributed by atoms with Crippen LogP contribution in [0.15, 0.2) is 54.9 Å². The minimum absolute atomic E-state index is 0.00973. The van der Waals surface area contributed by atoms with Crippen molar-refractivity contribution >= 4 is 6.03 Å². The predicted molar refractivity (Wildman–Crippen MR) is 91.9 cm³/mol. The molecule has 0 fully saturated rings. The van der Waals surface area contributed by atoms with Gasteiger partial charge in [0.05, 0.1) is 5.69 Å². The SMILES string of the molecule is O=C(NCCc1ccc(-n2cccn2)cc1)N[C@@H]1C=C[C@H](CO)C1. The lowest BCUT2D eigenvalue weighted by Gasteiger charge is -2.13. The third-order valence-corrected chi connectivity index (χ3v) is 4.13. The van der Waals surface area contributed by atoms with Gasteiger partial charge >= 0.3 is 6.03 Å². The zero-order valence-electron chi connectivity index (χ0n) is 13.4. The van der Waals surface area contributed by atoms with Gasteiger partial charge in [-0.05, 0) is 36.6 Å². The first kappa shape index (κ1) is 16.3. The number of benzene rings is 1. The summed E-state index contributed by atoms with van der Waals surface area (Å²) in [5.41, 5.74) is 2.17. The van der Waals surface area contributed by atoms with Crippen molar-refractivity contribution in [2.75, 3.05) is 13.2 Å². The van der Waals surface area contributed by atoms with Crippen LogP contribution in [0, 0.1) is 5.92 Å². The highest BCUT2D eigenvalue weighted by molar-refractivity contribution is 5.74. The van der Waals surface area contributed by atoms with E-state index in [1.54, 1.807) is 6.20 Å². The maximum atomic E-state index is 11.9. The summed E-state index contributed by atoms with van der Waals surface area (Å²) in [7, 11) is 0. The topological polar surface area (TPSA) is 79.2 Å². The van der Waals surface area contributed by atoms with Gasteiger partial charge in [-0.3, -0.25) is 0 Å². The Kier molecular flexibility index (Phi) is 5.28. The van der Waals surface area contributed by atoms with Crippen molar-refractivity contribution in [2.45, 2.75) is 18.9 Å². The second-order valence-electron chi connectivity index (χ2n) is 5.94. The van der Waals surface area contributed by atoms with Gasteiger partial charge in [-0.1, -0.05) is 24.3 Å². The van der Waals surface area contributed by atoms with E-state index in [1.807, 2.05) is 53.4 Å². The maximum absolute atomic E-state index is 11.9. The van der Waals surface area contributed by atoms with Crippen LogP contribution in [-0.2, 0) is 6.42 Å². The van der Waals surface area contributed by atoms with Gasteiger partial charge in [0, 0.05) is 37.5 Å². The molecule has 0 saturated heterocycles. The van der Waals surface area contributed by atoms with Crippen molar-refractivity contribution < 1.29 is 9.90 Å². The van der Waals surface area contributed by atoms with Gasteiger partial charge in [0.2, 0.25) is 0 Å². The van der Waals surface area contributed by atoms with Crippen LogP contribution in [0.2, 0.25) is 0 Å². The minimum atomic E-state index is -0.170. The number of carbonyl (C=O) groups excluding carboxylic acids is 1. The number of nitrogens with zero attached hydrogens (tertiary/aromatic N) is 2. The summed E-state index contributed by atoms with van der Waals surface area (Å²) in [4.78, 5) is 11.9. The molecule has 2 atom stereocenters. The zero-order valence-corrected chi connectivity index (χ0v) is 13.4. The molecule has 0 radical (unpaired) electrons. The highest BCUT2D eigenvalue weighted by Crippen LogP contribution is 2.16. The minimum Gasteiger partial charge on any atom is -0.396 e. The standard InChI is InChI=1S/C18H22N4O2/c23-13-15-2-5-16(12-15)21-18(24)19-10-8-14-3-6-17(7-4-14)22-11-1-9-20-22/h1-7,9,11,15-16,23H,8,10,12-13H2,(H2,19,21,24)/t15-,16+/m0/s1. The Morgan fingerprint density at radius 1 is 1.29 bits per heavy atom. The van der Waals surface area contributed by atoms with Crippen LogP contribution in [0.3, 0.4) is 0 Å². The van der Waals surface area contributed by atoms with Gasteiger partial charge in [0.1, 0.15) is 0 Å². The molecule has 24 heavy (non-hydrogen) atoms. The molecule has 0 saturated carbocycles. The van der Waals surface area contributed by atoms with Gasteiger partial charge in [-0.2, -0.15) is 5.10 Å². The second-order valence-corrected chi connectivity index (χ2v) is 5.94. The maximum Gasteiger partial charge on any atom is 0.315 e. The molecule has 1 aliphatic carbocycles. The van der Waals surface area contributed by atoms with Crippen molar-refractivity contribution in [1.82, 2.24) is 20.4 Å². The van der Waals surface area contributed by atoms with Gasteiger partial charge in [0.25, 0.3) is 0 Å². The average Bonchev–Trinajstić information content (AvgIpc) is 3.27. The number of amides is 2. The molecule has 6 heteroatoms. The van der Waals surface area contributed by atoms with Crippen molar-refractivity contribution in [2.24, 2.45) is 5.92 Å². The van der Waals surface area contributed by atoms with Crippen LogP contribution in [0.1, 0.15) is 12.0 Å². The normalized spacial score (nSPS) is 19.4. The summed E-state index contributed by atoms with van der Waals surface area (Å²) >= 11 is 0. The first-order valence-corrected chi connectivity index (χ1v) is 8.17. The Balaban J connectivity index is 1.40. The number of nitrogens with one attached hydrogen (secondary N) is 2. The monoisotopic (exact) mass is 326 g/mol. The second kappa shape index (κ2) is 7.79. The van der Waals surface area contributed by atoms with E-state index in [2.05, 4.69) is 15.7 Å². The lowest BCUT2D eigenvalue weighted by atomic mass is 10.1. The summed E-state index contributed by atoms with van der Waals surface area (Å²) in [6, 6.07) is 9.84. The van der Waals surface area contributed by atoms with Crippen molar-refractivity contribution in [3.05, 3.63) is 60.4 Å². The quantitative estimate of drug-likeness (QED) is 0.706. The number of carbonyl (C=O) groups is 1. The largest absolute Gasteiger partial charge is 0.396 e. The number of urea groups is 1. The van der Waals surface area contributed by atoms with Gasteiger partial charge < -0.3 is 15.7 Å². The average molecular weight is 326 g/mol. The van der Waals surface area contributed by atoms with E-state index in [1.165, 1.54) is 0 Å². The van der Waals surface area contributed by atoms with E-state index in [0.717, 1.165) is 24.1 Å². The summed E-state index contributed by atoms with van der Waals surface area (Å²) in [5, 5.41) is 19.0. The van der Waals surface area contributed by atoms with E-state index < -0.39 is 0 Å². The van der Waals surface area contributed by atoms with Crippen LogP contribution >= 0.6 is 0 Å².